The van der Waals surface area contributed by atoms with Crippen LogP contribution in [-0.4, -0.2) is 9.97 Å². The Balaban J connectivity index is 1.88. The van der Waals surface area contributed by atoms with Crippen LogP contribution in [0.3, 0.4) is 0 Å². The summed E-state index contributed by atoms with van der Waals surface area (Å²) in [5.74, 6) is 3.58. The molecule has 1 heterocycles. The fourth-order valence-electron chi connectivity index (χ4n) is 4.05. The molecule has 0 aliphatic heterocycles. The Morgan fingerprint density at radius 1 is 1.05 bits per heavy atom. The van der Waals surface area contributed by atoms with Gasteiger partial charge in [0.05, 0.1) is 10.2 Å². The highest BCUT2D eigenvalue weighted by atomic mass is 79.9. The number of nitrogen functional groups attached to an aromatic ring is 1. The molecule has 2 aliphatic carbocycles. The van der Waals surface area contributed by atoms with Crippen LogP contribution in [-0.2, 0) is 0 Å². The molecule has 2 saturated carbocycles. The van der Waals surface area contributed by atoms with Gasteiger partial charge >= 0.3 is 0 Å². The van der Waals surface area contributed by atoms with Gasteiger partial charge in [-0.1, -0.05) is 39.0 Å². The van der Waals surface area contributed by atoms with E-state index in [1.807, 2.05) is 0 Å². The maximum Gasteiger partial charge on any atom is 0.141 e. The van der Waals surface area contributed by atoms with E-state index in [1.165, 1.54) is 63.5 Å². The molecule has 116 valence electrons. The molecule has 21 heavy (non-hydrogen) atoms. The van der Waals surface area contributed by atoms with Gasteiger partial charge in [-0.25, -0.2) is 9.97 Å². The quantitative estimate of drug-likeness (QED) is 0.817. The zero-order valence-electron chi connectivity index (χ0n) is 12.9. The zero-order valence-corrected chi connectivity index (χ0v) is 14.5. The van der Waals surface area contributed by atoms with Gasteiger partial charge in [0.15, 0.2) is 0 Å². The summed E-state index contributed by atoms with van der Waals surface area (Å²) in [4.78, 5) is 9.59. The molecule has 0 aromatic carbocycles. The van der Waals surface area contributed by atoms with Gasteiger partial charge in [0.25, 0.3) is 0 Å². The molecule has 3 rings (SSSR count). The minimum Gasteiger partial charge on any atom is -0.383 e. The third kappa shape index (κ3) is 3.25. The van der Waals surface area contributed by atoms with Crippen LogP contribution in [0, 0.1) is 5.92 Å². The van der Waals surface area contributed by atoms with E-state index >= 15 is 0 Å². The summed E-state index contributed by atoms with van der Waals surface area (Å²) >= 11 is 3.62. The number of nitrogens with two attached hydrogens (primary N) is 1. The molecule has 2 aliphatic rings. The fraction of sp³-hybridized carbons (Fsp3) is 0.765. The predicted molar refractivity (Wildman–Crippen MR) is 90.3 cm³/mol. The summed E-state index contributed by atoms with van der Waals surface area (Å²) in [6, 6.07) is 0. The minimum absolute atomic E-state index is 0.513. The standard InChI is InChI=1S/C17H26BrN3/c1-2-11-6-5-9-13(10-11)17-20-15(12-7-3-4-8-12)14(18)16(19)21-17/h11-13H,2-10H2,1H3,(H2,19,20,21). The molecule has 0 spiro atoms. The molecule has 0 bridgehead atoms. The van der Waals surface area contributed by atoms with Crippen molar-refractivity contribution in [1.82, 2.24) is 9.97 Å². The van der Waals surface area contributed by atoms with E-state index in [4.69, 9.17) is 10.7 Å². The van der Waals surface area contributed by atoms with Gasteiger partial charge in [-0.05, 0) is 47.5 Å². The average molecular weight is 352 g/mol. The van der Waals surface area contributed by atoms with Crippen molar-refractivity contribution in [2.75, 3.05) is 5.73 Å². The maximum atomic E-state index is 6.16. The molecule has 0 radical (unpaired) electrons. The monoisotopic (exact) mass is 351 g/mol. The first-order valence-electron chi connectivity index (χ1n) is 8.51. The Kier molecular flexibility index (Phi) is 4.82. The second-order valence-corrected chi connectivity index (χ2v) is 7.58. The second-order valence-electron chi connectivity index (χ2n) is 6.79. The lowest BCUT2D eigenvalue weighted by Crippen LogP contribution is -2.18. The summed E-state index contributed by atoms with van der Waals surface area (Å²) in [6.45, 7) is 2.30. The van der Waals surface area contributed by atoms with Crippen molar-refractivity contribution in [2.24, 2.45) is 5.92 Å². The van der Waals surface area contributed by atoms with Gasteiger partial charge in [-0.15, -0.1) is 0 Å². The van der Waals surface area contributed by atoms with Crippen molar-refractivity contribution in [3.63, 3.8) is 0 Å². The Hall–Kier alpha value is -0.640. The molecule has 2 unspecified atom stereocenters. The first kappa shape index (κ1) is 15.3. The maximum absolute atomic E-state index is 6.16. The lowest BCUT2D eigenvalue weighted by Gasteiger charge is -2.28. The number of anilines is 1. The van der Waals surface area contributed by atoms with Crippen LogP contribution < -0.4 is 5.73 Å². The SMILES string of the molecule is CCC1CCCC(c2nc(N)c(Br)c(C3CCCC3)n2)C1. The lowest BCUT2D eigenvalue weighted by molar-refractivity contribution is 0.306. The number of aromatic nitrogens is 2. The van der Waals surface area contributed by atoms with Gasteiger partial charge in [-0.2, -0.15) is 0 Å². The number of hydrogen-bond acceptors (Lipinski definition) is 3. The summed E-state index contributed by atoms with van der Waals surface area (Å²) in [5, 5.41) is 0. The number of halogens is 1. The number of hydrogen-bond donors (Lipinski definition) is 1. The van der Waals surface area contributed by atoms with Gasteiger partial charge in [0.1, 0.15) is 11.6 Å². The fourth-order valence-corrected chi connectivity index (χ4v) is 4.55. The summed E-state index contributed by atoms with van der Waals surface area (Å²) in [5.41, 5.74) is 7.34. The van der Waals surface area contributed by atoms with E-state index in [0.29, 0.717) is 17.7 Å². The third-order valence-corrected chi connectivity index (χ3v) is 6.20. The molecule has 1 aromatic rings. The van der Waals surface area contributed by atoms with Crippen LogP contribution in [0.4, 0.5) is 5.82 Å². The highest BCUT2D eigenvalue weighted by Crippen LogP contribution is 2.41. The number of nitrogens with zero attached hydrogens (tertiary/aromatic N) is 2. The normalized spacial score (nSPS) is 27.1. The van der Waals surface area contributed by atoms with E-state index in [-0.39, 0.29) is 0 Å². The lowest BCUT2D eigenvalue weighted by atomic mass is 9.80. The van der Waals surface area contributed by atoms with Gasteiger partial charge in [0, 0.05) is 11.8 Å². The zero-order chi connectivity index (χ0) is 14.8. The van der Waals surface area contributed by atoms with Crippen LogP contribution in [0.1, 0.15) is 88.1 Å². The topological polar surface area (TPSA) is 51.8 Å². The highest BCUT2D eigenvalue weighted by Gasteiger charge is 2.28. The van der Waals surface area contributed by atoms with Crippen molar-refractivity contribution < 1.29 is 0 Å². The molecule has 0 amide bonds. The van der Waals surface area contributed by atoms with E-state index in [1.54, 1.807) is 0 Å². The highest BCUT2D eigenvalue weighted by molar-refractivity contribution is 9.10. The smallest absolute Gasteiger partial charge is 0.141 e. The van der Waals surface area contributed by atoms with E-state index in [2.05, 4.69) is 27.8 Å². The minimum atomic E-state index is 0.513. The van der Waals surface area contributed by atoms with Gasteiger partial charge < -0.3 is 5.73 Å². The molecular formula is C17H26BrN3. The van der Waals surface area contributed by atoms with Gasteiger partial charge in [-0.3, -0.25) is 0 Å². The Bertz CT molecular complexity index is 497. The van der Waals surface area contributed by atoms with Crippen LogP contribution >= 0.6 is 15.9 Å². The number of rotatable bonds is 3. The molecule has 2 N–H and O–H groups in total. The van der Waals surface area contributed by atoms with Gasteiger partial charge in [0.2, 0.25) is 0 Å². The van der Waals surface area contributed by atoms with E-state index in [9.17, 15) is 0 Å². The molecular weight excluding hydrogens is 326 g/mol. The van der Waals surface area contributed by atoms with Crippen molar-refractivity contribution in [3.05, 3.63) is 16.0 Å². The van der Waals surface area contributed by atoms with Crippen LogP contribution in [0.2, 0.25) is 0 Å². The van der Waals surface area contributed by atoms with E-state index in [0.717, 1.165) is 16.2 Å². The summed E-state index contributed by atoms with van der Waals surface area (Å²) in [6.07, 6.45) is 11.5. The van der Waals surface area contributed by atoms with Crippen molar-refractivity contribution in [3.8, 4) is 0 Å². The Morgan fingerprint density at radius 3 is 2.48 bits per heavy atom. The third-order valence-electron chi connectivity index (χ3n) is 5.39. The first-order valence-corrected chi connectivity index (χ1v) is 9.31. The molecule has 2 fully saturated rings. The Morgan fingerprint density at radius 2 is 1.76 bits per heavy atom. The molecule has 0 saturated heterocycles. The van der Waals surface area contributed by atoms with Crippen LogP contribution in [0.25, 0.3) is 0 Å². The second kappa shape index (κ2) is 6.64. The largest absolute Gasteiger partial charge is 0.383 e. The first-order chi connectivity index (χ1) is 10.2. The molecule has 2 atom stereocenters. The average Bonchev–Trinajstić information content (AvgIpc) is 3.04. The summed E-state index contributed by atoms with van der Waals surface area (Å²) in [7, 11) is 0. The van der Waals surface area contributed by atoms with Crippen molar-refractivity contribution >= 4 is 21.7 Å². The molecule has 1 aromatic heterocycles. The molecule has 4 heteroatoms. The van der Waals surface area contributed by atoms with Crippen molar-refractivity contribution in [1.29, 1.82) is 0 Å². The van der Waals surface area contributed by atoms with Crippen LogP contribution in [0.15, 0.2) is 4.47 Å². The van der Waals surface area contributed by atoms with E-state index < -0.39 is 0 Å². The summed E-state index contributed by atoms with van der Waals surface area (Å²) < 4.78 is 0.945. The molecule has 3 nitrogen and oxygen atoms in total. The Labute approximate surface area is 136 Å². The predicted octanol–water partition coefficient (Wildman–Crippen LogP) is 5.16. The van der Waals surface area contributed by atoms with Crippen molar-refractivity contribution in [2.45, 2.75) is 76.5 Å². The van der Waals surface area contributed by atoms with Crippen LogP contribution in [0.5, 0.6) is 0 Å².